The number of nitrogens with zero attached hydrogens (tertiary/aromatic N) is 1. The number of carbonyl (C=O) groups excluding carboxylic acids is 2. The second-order valence-electron chi connectivity index (χ2n) is 6.99. The van der Waals surface area contributed by atoms with Crippen LogP contribution < -0.4 is 10.6 Å². The lowest BCUT2D eigenvalue weighted by Crippen LogP contribution is -2.15. The number of rotatable bonds is 6. The van der Waals surface area contributed by atoms with Gasteiger partial charge in [0, 0.05) is 40.9 Å². The summed E-state index contributed by atoms with van der Waals surface area (Å²) in [6.07, 6.45) is 0. The number of carbonyl (C=O) groups is 2. The molecule has 28 heavy (non-hydrogen) atoms. The fraction of sp³-hybridized carbons (Fsp3) is 0.217. The zero-order chi connectivity index (χ0) is 20.3. The van der Waals surface area contributed by atoms with Gasteiger partial charge < -0.3 is 15.2 Å². The van der Waals surface area contributed by atoms with E-state index in [-0.39, 0.29) is 18.2 Å². The van der Waals surface area contributed by atoms with E-state index in [1.807, 2.05) is 44.2 Å². The van der Waals surface area contributed by atoms with Gasteiger partial charge in [-0.2, -0.15) is 0 Å². The number of ketones is 1. The van der Waals surface area contributed by atoms with E-state index in [9.17, 15) is 9.59 Å². The zero-order valence-corrected chi connectivity index (χ0v) is 16.7. The van der Waals surface area contributed by atoms with Gasteiger partial charge >= 0.3 is 0 Å². The lowest BCUT2D eigenvalue weighted by Gasteiger charge is -2.11. The van der Waals surface area contributed by atoms with Crippen LogP contribution in [0.5, 0.6) is 0 Å². The minimum Gasteiger partial charge on any atom is -0.378 e. The maximum absolute atomic E-state index is 12.8. The molecule has 0 atom stereocenters. The molecule has 1 amide bonds. The van der Waals surface area contributed by atoms with E-state index >= 15 is 0 Å². The van der Waals surface area contributed by atoms with Gasteiger partial charge in [-0.3, -0.25) is 9.59 Å². The summed E-state index contributed by atoms with van der Waals surface area (Å²) in [4.78, 5) is 24.0. The molecule has 3 aromatic rings. The van der Waals surface area contributed by atoms with Crippen molar-refractivity contribution < 1.29 is 9.59 Å². The van der Waals surface area contributed by atoms with E-state index in [1.54, 1.807) is 0 Å². The topological polar surface area (TPSA) is 63.1 Å². The number of nitrogens with one attached hydrogen (secondary N) is 2. The lowest BCUT2D eigenvalue weighted by molar-refractivity contribution is -0.114. The van der Waals surface area contributed by atoms with Crippen LogP contribution in [0.25, 0.3) is 5.69 Å². The quantitative estimate of drug-likeness (QED) is 0.616. The fourth-order valence-electron chi connectivity index (χ4n) is 3.32. The summed E-state index contributed by atoms with van der Waals surface area (Å²) in [7, 11) is 0. The number of Topliss-reactive ketones (excluding diaryl/α,β-unsaturated/α-hetero) is 1. The highest BCUT2D eigenvalue weighted by atomic mass is 16.1. The van der Waals surface area contributed by atoms with Crippen LogP contribution in [0.2, 0.25) is 0 Å². The molecule has 5 heteroatoms. The molecule has 1 aromatic heterocycles. The molecule has 0 aliphatic carbocycles. The molecular formula is C23H25N3O2. The van der Waals surface area contributed by atoms with E-state index < -0.39 is 0 Å². The molecular weight excluding hydrogens is 350 g/mol. The van der Waals surface area contributed by atoms with Gasteiger partial charge in [-0.25, -0.2) is 0 Å². The standard InChI is InChI=1S/C23H25N3O2/c1-15-8-10-21(11-9-15)26-16(2)12-22(17(26)3)23(28)14-24-19-6-5-7-20(13-19)25-18(4)27/h5-13,24H,14H2,1-4H3,(H,25,27). The highest BCUT2D eigenvalue weighted by Crippen LogP contribution is 2.22. The molecule has 0 fully saturated rings. The maximum atomic E-state index is 12.8. The largest absolute Gasteiger partial charge is 0.378 e. The highest BCUT2D eigenvalue weighted by Gasteiger charge is 2.16. The van der Waals surface area contributed by atoms with E-state index in [0.29, 0.717) is 11.3 Å². The van der Waals surface area contributed by atoms with Crippen LogP contribution in [0.15, 0.2) is 54.6 Å². The Hall–Kier alpha value is -3.34. The van der Waals surface area contributed by atoms with Crippen molar-refractivity contribution in [3.8, 4) is 5.69 Å². The zero-order valence-electron chi connectivity index (χ0n) is 16.7. The van der Waals surface area contributed by atoms with Gasteiger partial charge in [-0.1, -0.05) is 23.8 Å². The molecule has 0 unspecified atom stereocenters. The normalized spacial score (nSPS) is 10.6. The molecule has 144 valence electrons. The van der Waals surface area contributed by atoms with Crippen molar-refractivity contribution >= 4 is 23.1 Å². The summed E-state index contributed by atoms with van der Waals surface area (Å²) in [5.74, 6) is -0.104. The predicted molar refractivity (Wildman–Crippen MR) is 114 cm³/mol. The SMILES string of the molecule is CC(=O)Nc1cccc(NCC(=O)c2cc(C)n(-c3ccc(C)cc3)c2C)c1. The third-order valence-corrected chi connectivity index (χ3v) is 4.66. The van der Waals surface area contributed by atoms with Crippen LogP contribution in [0.3, 0.4) is 0 Å². The molecule has 2 aromatic carbocycles. The fourth-order valence-corrected chi connectivity index (χ4v) is 3.32. The number of amides is 1. The maximum Gasteiger partial charge on any atom is 0.221 e. The van der Waals surface area contributed by atoms with Gasteiger partial charge in [0.05, 0.1) is 6.54 Å². The molecule has 0 saturated heterocycles. The summed E-state index contributed by atoms with van der Waals surface area (Å²) in [5.41, 5.74) is 6.40. The third-order valence-electron chi connectivity index (χ3n) is 4.66. The molecule has 0 aliphatic rings. The minimum atomic E-state index is -0.128. The number of aryl methyl sites for hydroxylation is 2. The Kier molecular flexibility index (Phi) is 5.64. The van der Waals surface area contributed by atoms with Gasteiger partial charge in [-0.05, 0) is 57.2 Å². The number of anilines is 2. The summed E-state index contributed by atoms with van der Waals surface area (Å²) in [6, 6.07) is 17.5. The molecule has 0 saturated carbocycles. The molecule has 1 heterocycles. The summed E-state index contributed by atoms with van der Waals surface area (Å²) in [6.45, 7) is 7.68. The monoisotopic (exact) mass is 375 g/mol. The Balaban J connectivity index is 1.76. The smallest absolute Gasteiger partial charge is 0.221 e. The van der Waals surface area contributed by atoms with Gasteiger partial charge in [0.25, 0.3) is 0 Å². The molecule has 3 rings (SSSR count). The first kappa shape index (κ1) is 19.4. The molecule has 2 N–H and O–H groups in total. The first-order valence-corrected chi connectivity index (χ1v) is 9.26. The van der Waals surface area contributed by atoms with Crippen LogP contribution in [0, 0.1) is 20.8 Å². The van der Waals surface area contributed by atoms with Crippen molar-refractivity contribution in [2.45, 2.75) is 27.7 Å². The number of hydrogen-bond acceptors (Lipinski definition) is 3. The summed E-state index contributed by atoms with van der Waals surface area (Å²) >= 11 is 0. The van der Waals surface area contributed by atoms with Crippen molar-refractivity contribution in [3.05, 3.63) is 77.1 Å². The number of aromatic nitrogens is 1. The van der Waals surface area contributed by atoms with Crippen molar-refractivity contribution in [2.24, 2.45) is 0 Å². The Bertz CT molecular complexity index is 1020. The van der Waals surface area contributed by atoms with Crippen molar-refractivity contribution in [1.82, 2.24) is 4.57 Å². The van der Waals surface area contributed by atoms with Gasteiger partial charge in [0.2, 0.25) is 5.91 Å². The first-order valence-electron chi connectivity index (χ1n) is 9.26. The molecule has 0 spiro atoms. The van der Waals surface area contributed by atoms with Crippen LogP contribution in [-0.4, -0.2) is 22.8 Å². The van der Waals surface area contributed by atoms with Crippen molar-refractivity contribution in [1.29, 1.82) is 0 Å². The average Bonchev–Trinajstić information content (AvgIpc) is 2.95. The van der Waals surface area contributed by atoms with E-state index in [0.717, 1.165) is 22.8 Å². The van der Waals surface area contributed by atoms with Crippen LogP contribution in [0.1, 0.15) is 34.2 Å². The third kappa shape index (κ3) is 4.31. The highest BCUT2D eigenvalue weighted by molar-refractivity contribution is 6.00. The van der Waals surface area contributed by atoms with Crippen LogP contribution >= 0.6 is 0 Å². The van der Waals surface area contributed by atoms with E-state index in [4.69, 9.17) is 0 Å². The Morgan fingerprint density at radius 2 is 1.61 bits per heavy atom. The first-order chi connectivity index (χ1) is 13.3. The molecule has 0 radical (unpaired) electrons. The predicted octanol–water partition coefficient (Wildman–Crippen LogP) is 4.66. The van der Waals surface area contributed by atoms with Crippen molar-refractivity contribution in [2.75, 3.05) is 17.2 Å². The second kappa shape index (κ2) is 8.13. The van der Waals surface area contributed by atoms with Crippen molar-refractivity contribution in [3.63, 3.8) is 0 Å². The van der Waals surface area contributed by atoms with E-state index in [1.165, 1.54) is 12.5 Å². The molecule has 0 bridgehead atoms. The van der Waals surface area contributed by atoms with Gasteiger partial charge in [-0.15, -0.1) is 0 Å². The Morgan fingerprint density at radius 1 is 0.929 bits per heavy atom. The van der Waals surface area contributed by atoms with E-state index in [2.05, 4.69) is 46.4 Å². The van der Waals surface area contributed by atoms with Gasteiger partial charge in [0.15, 0.2) is 5.78 Å². The molecule has 5 nitrogen and oxygen atoms in total. The molecule has 0 aliphatic heterocycles. The average molecular weight is 375 g/mol. The Labute approximate surface area is 165 Å². The second-order valence-corrected chi connectivity index (χ2v) is 6.99. The minimum absolute atomic E-state index is 0.0244. The Morgan fingerprint density at radius 3 is 2.29 bits per heavy atom. The van der Waals surface area contributed by atoms with Crippen LogP contribution in [0.4, 0.5) is 11.4 Å². The van der Waals surface area contributed by atoms with Crippen LogP contribution in [-0.2, 0) is 4.79 Å². The van der Waals surface area contributed by atoms with Gasteiger partial charge in [0.1, 0.15) is 0 Å². The number of hydrogen-bond donors (Lipinski definition) is 2. The summed E-state index contributed by atoms with van der Waals surface area (Å²) in [5, 5.41) is 5.89. The number of benzene rings is 2. The lowest BCUT2D eigenvalue weighted by atomic mass is 10.1. The summed E-state index contributed by atoms with van der Waals surface area (Å²) < 4.78 is 2.10.